The molecule has 0 saturated carbocycles. The van der Waals surface area contributed by atoms with Gasteiger partial charge in [0.15, 0.2) is 0 Å². The average Bonchev–Trinajstić information content (AvgIpc) is 2.32. The van der Waals surface area contributed by atoms with E-state index in [9.17, 15) is 0 Å². The third kappa shape index (κ3) is 2.95. The van der Waals surface area contributed by atoms with E-state index in [2.05, 4.69) is 38.1 Å². The predicted molar refractivity (Wildman–Crippen MR) is 70.7 cm³/mol. The van der Waals surface area contributed by atoms with E-state index in [1.165, 1.54) is 19.4 Å². The van der Waals surface area contributed by atoms with Crippen molar-refractivity contribution in [2.45, 2.75) is 25.8 Å². The van der Waals surface area contributed by atoms with Crippen LogP contribution < -0.4 is 5.32 Å². The lowest BCUT2D eigenvalue weighted by Gasteiger charge is -2.32. The Morgan fingerprint density at radius 2 is 2.50 bits per heavy atom. The van der Waals surface area contributed by atoms with E-state index in [4.69, 9.17) is 0 Å². The lowest BCUT2D eigenvalue weighted by molar-refractivity contribution is 0.226. The van der Waals surface area contributed by atoms with E-state index < -0.39 is 0 Å². The number of pyridine rings is 1. The SMILES string of the molecule is CCN1CCCC(Nc2ncccc2Br)C1. The fraction of sp³-hybridized carbons (Fsp3) is 0.583. The Kier molecular flexibility index (Phi) is 4.18. The van der Waals surface area contributed by atoms with Crippen molar-refractivity contribution in [2.24, 2.45) is 0 Å². The number of halogens is 1. The van der Waals surface area contributed by atoms with Crippen molar-refractivity contribution < 1.29 is 0 Å². The first-order valence-corrected chi connectivity index (χ1v) is 6.68. The molecule has 1 atom stereocenters. The predicted octanol–water partition coefficient (Wildman–Crippen LogP) is 2.74. The van der Waals surface area contributed by atoms with Crippen molar-refractivity contribution in [3.63, 3.8) is 0 Å². The van der Waals surface area contributed by atoms with Crippen LogP contribution >= 0.6 is 15.9 Å². The number of piperidine rings is 1. The van der Waals surface area contributed by atoms with Gasteiger partial charge in [0.05, 0.1) is 4.47 Å². The fourth-order valence-corrected chi connectivity index (χ4v) is 2.52. The van der Waals surface area contributed by atoms with Crippen molar-refractivity contribution in [1.29, 1.82) is 0 Å². The summed E-state index contributed by atoms with van der Waals surface area (Å²) in [5.74, 6) is 0.963. The molecule has 4 heteroatoms. The second-order valence-electron chi connectivity index (χ2n) is 4.21. The third-order valence-corrected chi connectivity index (χ3v) is 3.69. The highest BCUT2D eigenvalue weighted by atomic mass is 79.9. The number of hydrogen-bond donors (Lipinski definition) is 1. The van der Waals surface area contributed by atoms with Gasteiger partial charge in [0, 0.05) is 18.8 Å². The molecule has 1 aliphatic rings. The molecule has 0 aliphatic carbocycles. The molecule has 0 spiro atoms. The zero-order valence-corrected chi connectivity index (χ0v) is 11.2. The third-order valence-electron chi connectivity index (χ3n) is 3.05. The van der Waals surface area contributed by atoms with E-state index in [0.717, 1.165) is 23.4 Å². The first kappa shape index (κ1) is 11.9. The molecule has 1 N–H and O–H groups in total. The highest BCUT2D eigenvalue weighted by molar-refractivity contribution is 9.10. The van der Waals surface area contributed by atoms with Gasteiger partial charge in [-0.2, -0.15) is 0 Å². The summed E-state index contributed by atoms with van der Waals surface area (Å²) in [5, 5.41) is 3.51. The van der Waals surface area contributed by atoms with Crippen LogP contribution in [0.5, 0.6) is 0 Å². The van der Waals surface area contributed by atoms with Gasteiger partial charge in [0.1, 0.15) is 5.82 Å². The fourth-order valence-electron chi connectivity index (χ4n) is 2.15. The molecule has 1 fully saturated rings. The van der Waals surface area contributed by atoms with Gasteiger partial charge in [-0.3, -0.25) is 0 Å². The highest BCUT2D eigenvalue weighted by Gasteiger charge is 2.19. The molecule has 2 rings (SSSR count). The van der Waals surface area contributed by atoms with Crippen molar-refractivity contribution in [3.05, 3.63) is 22.8 Å². The molecule has 0 radical (unpaired) electrons. The first-order valence-electron chi connectivity index (χ1n) is 5.89. The Hall–Kier alpha value is -0.610. The number of anilines is 1. The Morgan fingerprint density at radius 3 is 3.25 bits per heavy atom. The molecular weight excluding hydrogens is 266 g/mol. The van der Waals surface area contributed by atoms with E-state index in [0.29, 0.717) is 6.04 Å². The van der Waals surface area contributed by atoms with Crippen LogP contribution in [-0.2, 0) is 0 Å². The molecule has 1 saturated heterocycles. The van der Waals surface area contributed by atoms with E-state index in [1.807, 2.05) is 18.3 Å². The van der Waals surface area contributed by atoms with Gasteiger partial charge in [0.25, 0.3) is 0 Å². The van der Waals surface area contributed by atoms with Crippen LogP contribution in [0.1, 0.15) is 19.8 Å². The standard InChI is InChI=1S/C12H18BrN3/c1-2-16-8-4-5-10(9-16)15-12-11(13)6-3-7-14-12/h3,6-7,10H,2,4-5,8-9H2,1H3,(H,14,15). The molecule has 1 aromatic heterocycles. The Bertz CT molecular complexity index is 343. The highest BCUT2D eigenvalue weighted by Crippen LogP contribution is 2.21. The molecular formula is C12H18BrN3. The first-order chi connectivity index (χ1) is 7.79. The van der Waals surface area contributed by atoms with Crippen LogP contribution in [0.2, 0.25) is 0 Å². The topological polar surface area (TPSA) is 28.2 Å². The quantitative estimate of drug-likeness (QED) is 0.925. The van der Waals surface area contributed by atoms with Gasteiger partial charge in [-0.1, -0.05) is 6.92 Å². The van der Waals surface area contributed by atoms with Crippen molar-refractivity contribution in [2.75, 3.05) is 25.0 Å². The Labute approximate surface area is 105 Å². The molecule has 16 heavy (non-hydrogen) atoms. The number of nitrogens with zero attached hydrogens (tertiary/aromatic N) is 2. The molecule has 1 unspecified atom stereocenters. The monoisotopic (exact) mass is 283 g/mol. The minimum absolute atomic E-state index is 0.528. The molecule has 0 bridgehead atoms. The number of likely N-dealkylation sites (N-methyl/N-ethyl adjacent to an activating group) is 1. The smallest absolute Gasteiger partial charge is 0.140 e. The summed E-state index contributed by atoms with van der Waals surface area (Å²) in [7, 11) is 0. The van der Waals surface area contributed by atoms with Crippen LogP contribution in [-0.4, -0.2) is 35.6 Å². The summed E-state index contributed by atoms with van der Waals surface area (Å²) in [6.45, 7) is 5.72. The molecule has 3 nitrogen and oxygen atoms in total. The van der Waals surface area contributed by atoms with Gasteiger partial charge in [0.2, 0.25) is 0 Å². The second-order valence-corrected chi connectivity index (χ2v) is 5.06. The van der Waals surface area contributed by atoms with Crippen LogP contribution in [0.3, 0.4) is 0 Å². The number of aromatic nitrogens is 1. The van der Waals surface area contributed by atoms with Gasteiger partial charge in [-0.15, -0.1) is 0 Å². The summed E-state index contributed by atoms with van der Waals surface area (Å²) in [6.07, 6.45) is 4.34. The molecule has 1 aromatic rings. The molecule has 88 valence electrons. The zero-order valence-electron chi connectivity index (χ0n) is 9.62. The number of likely N-dealkylation sites (tertiary alicyclic amines) is 1. The van der Waals surface area contributed by atoms with Crippen molar-refractivity contribution in [3.8, 4) is 0 Å². The van der Waals surface area contributed by atoms with Crippen LogP contribution in [0.4, 0.5) is 5.82 Å². The normalized spacial score (nSPS) is 22.0. The van der Waals surface area contributed by atoms with Crippen LogP contribution in [0.15, 0.2) is 22.8 Å². The Balaban J connectivity index is 1.97. The van der Waals surface area contributed by atoms with Gasteiger partial charge >= 0.3 is 0 Å². The van der Waals surface area contributed by atoms with E-state index >= 15 is 0 Å². The van der Waals surface area contributed by atoms with E-state index in [-0.39, 0.29) is 0 Å². The van der Waals surface area contributed by atoms with Crippen LogP contribution in [0.25, 0.3) is 0 Å². The molecule has 1 aliphatic heterocycles. The van der Waals surface area contributed by atoms with Crippen LogP contribution in [0, 0.1) is 0 Å². The number of hydrogen-bond acceptors (Lipinski definition) is 3. The van der Waals surface area contributed by atoms with Gasteiger partial charge < -0.3 is 10.2 Å². The second kappa shape index (κ2) is 5.64. The Morgan fingerprint density at radius 1 is 1.62 bits per heavy atom. The molecule has 0 aromatic carbocycles. The number of nitrogens with one attached hydrogen (secondary N) is 1. The maximum atomic E-state index is 4.35. The summed E-state index contributed by atoms with van der Waals surface area (Å²) in [5.41, 5.74) is 0. The maximum absolute atomic E-state index is 4.35. The molecule has 0 amide bonds. The van der Waals surface area contributed by atoms with Crippen molar-refractivity contribution >= 4 is 21.7 Å². The lowest BCUT2D eigenvalue weighted by atomic mass is 10.1. The minimum atomic E-state index is 0.528. The molecule has 2 heterocycles. The summed E-state index contributed by atoms with van der Waals surface area (Å²) < 4.78 is 1.05. The number of rotatable bonds is 3. The van der Waals surface area contributed by atoms with Gasteiger partial charge in [-0.25, -0.2) is 4.98 Å². The summed E-state index contributed by atoms with van der Waals surface area (Å²) in [4.78, 5) is 6.83. The van der Waals surface area contributed by atoms with Crippen molar-refractivity contribution in [1.82, 2.24) is 9.88 Å². The van der Waals surface area contributed by atoms with E-state index in [1.54, 1.807) is 0 Å². The summed E-state index contributed by atoms with van der Waals surface area (Å²) in [6, 6.07) is 4.49. The maximum Gasteiger partial charge on any atom is 0.140 e. The zero-order chi connectivity index (χ0) is 11.4. The summed E-state index contributed by atoms with van der Waals surface area (Å²) >= 11 is 3.52. The largest absolute Gasteiger partial charge is 0.365 e. The lowest BCUT2D eigenvalue weighted by Crippen LogP contribution is -2.42. The average molecular weight is 284 g/mol. The van der Waals surface area contributed by atoms with Gasteiger partial charge in [-0.05, 0) is 54.0 Å². The minimum Gasteiger partial charge on any atom is -0.365 e.